The quantitative estimate of drug-likeness (QED) is 0.739. The summed E-state index contributed by atoms with van der Waals surface area (Å²) in [7, 11) is 0. The third-order valence-electron chi connectivity index (χ3n) is 3.11. The molecular weight excluding hydrogens is 252 g/mol. The predicted octanol–water partition coefficient (Wildman–Crippen LogP) is 1.55. The Morgan fingerprint density at radius 2 is 2.11 bits per heavy atom. The zero-order chi connectivity index (χ0) is 14.4. The van der Waals surface area contributed by atoms with Gasteiger partial charge < -0.3 is 19.3 Å². The standard InChI is InChI=1S/C13H20O6/c1-4-9-10(6-18-8(3)14)11(12(15)16)7-19-13(9)17-5-2/h7,9-10,13H,4-6H2,1-3H3,(H,15,16). The topological polar surface area (TPSA) is 82.1 Å². The van der Waals surface area contributed by atoms with Crippen LogP contribution in [0.15, 0.2) is 11.8 Å². The molecule has 6 nitrogen and oxygen atoms in total. The molecule has 0 aromatic rings. The molecule has 1 N–H and O–H groups in total. The van der Waals surface area contributed by atoms with Crippen molar-refractivity contribution in [1.82, 2.24) is 0 Å². The second-order valence-corrected chi connectivity index (χ2v) is 4.32. The highest BCUT2D eigenvalue weighted by Gasteiger charge is 2.39. The fourth-order valence-corrected chi connectivity index (χ4v) is 2.18. The lowest BCUT2D eigenvalue weighted by molar-refractivity contribution is -0.170. The normalized spacial score (nSPS) is 26.3. The van der Waals surface area contributed by atoms with Crippen LogP contribution in [-0.4, -0.2) is 36.5 Å². The first kappa shape index (κ1) is 15.5. The molecule has 0 fully saturated rings. The number of ether oxygens (including phenoxy) is 3. The second kappa shape index (κ2) is 7.13. The maximum atomic E-state index is 11.2. The van der Waals surface area contributed by atoms with Crippen LogP contribution in [0.4, 0.5) is 0 Å². The van der Waals surface area contributed by atoms with Crippen molar-refractivity contribution in [2.75, 3.05) is 13.2 Å². The van der Waals surface area contributed by atoms with Crippen molar-refractivity contribution in [2.45, 2.75) is 33.5 Å². The van der Waals surface area contributed by atoms with Gasteiger partial charge in [-0.3, -0.25) is 4.79 Å². The molecule has 0 spiro atoms. The molecule has 0 aromatic heterocycles. The summed E-state index contributed by atoms with van der Waals surface area (Å²) < 4.78 is 15.7. The van der Waals surface area contributed by atoms with Gasteiger partial charge in [-0.2, -0.15) is 0 Å². The first-order valence-electron chi connectivity index (χ1n) is 6.35. The van der Waals surface area contributed by atoms with Crippen LogP contribution in [0.25, 0.3) is 0 Å². The smallest absolute Gasteiger partial charge is 0.335 e. The van der Waals surface area contributed by atoms with Gasteiger partial charge in [0, 0.05) is 25.4 Å². The van der Waals surface area contributed by atoms with Crippen LogP contribution in [0.2, 0.25) is 0 Å². The first-order valence-corrected chi connectivity index (χ1v) is 6.35. The van der Waals surface area contributed by atoms with Crippen molar-refractivity contribution in [3.05, 3.63) is 11.8 Å². The van der Waals surface area contributed by atoms with Gasteiger partial charge in [-0.15, -0.1) is 0 Å². The molecule has 19 heavy (non-hydrogen) atoms. The van der Waals surface area contributed by atoms with Gasteiger partial charge in [0.25, 0.3) is 0 Å². The molecule has 0 saturated heterocycles. The third kappa shape index (κ3) is 3.96. The summed E-state index contributed by atoms with van der Waals surface area (Å²) in [4.78, 5) is 22.1. The van der Waals surface area contributed by atoms with Gasteiger partial charge >= 0.3 is 11.9 Å². The summed E-state index contributed by atoms with van der Waals surface area (Å²) in [5.74, 6) is -2.07. The highest BCUT2D eigenvalue weighted by atomic mass is 16.7. The van der Waals surface area contributed by atoms with Crippen molar-refractivity contribution in [3.63, 3.8) is 0 Å². The molecule has 1 heterocycles. The van der Waals surface area contributed by atoms with E-state index in [1.54, 1.807) is 0 Å². The van der Waals surface area contributed by atoms with Gasteiger partial charge in [0.2, 0.25) is 6.29 Å². The van der Waals surface area contributed by atoms with E-state index in [9.17, 15) is 14.7 Å². The van der Waals surface area contributed by atoms with Crippen molar-refractivity contribution in [1.29, 1.82) is 0 Å². The largest absolute Gasteiger partial charge is 0.478 e. The Kier molecular flexibility index (Phi) is 5.82. The summed E-state index contributed by atoms with van der Waals surface area (Å²) in [5.41, 5.74) is 0.115. The van der Waals surface area contributed by atoms with Crippen molar-refractivity contribution < 1.29 is 28.9 Å². The molecule has 1 aliphatic rings. The fourth-order valence-electron chi connectivity index (χ4n) is 2.18. The summed E-state index contributed by atoms with van der Waals surface area (Å²) >= 11 is 0. The zero-order valence-electron chi connectivity index (χ0n) is 11.4. The van der Waals surface area contributed by atoms with E-state index in [2.05, 4.69) is 0 Å². The lowest BCUT2D eigenvalue weighted by atomic mass is 9.83. The van der Waals surface area contributed by atoms with Crippen molar-refractivity contribution in [3.8, 4) is 0 Å². The minimum absolute atomic E-state index is 0.0267. The summed E-state index contributed by atoms with van der Waals surface area (Å²) in [6.07, 6.45) is 1.36. The average Bonchev–Trinajstić information content (AvgIpc) is 2.36. The Hall–Kier alpha value is -1.56. The van der Waals surface area contributed by atoms with E-state index >= 15 is 0 Å². The molecule has 6 heteroatoms. The van der Waals surface area contributed by atoms with Crippen LogP contribution in [0, 0.1) is 11.8 Å². The Balaban J connectivity index is 2.92. The van der Waals surface area contributed by atoms with Gasteiger partial charge in [0.1, 0.15) is 0 Å². The van der Waals surface area contributed by atoms with Crippen LogP contribution in [0.1, 0.15) is 27.2 Å². The molecule has 0 bridgehead atoms. The fraction of sp³-hybridized carbons (Fsp3) is 0.692. The van der Waals surface area contributed by atoms with Gasteiger partial charge in [-0.25, -0.2) is 4.79 Å². The number of carboxylic acid groups (broad SMARTS) is 1. The SMILES string of the molecule is CCOC1OC=C(C(=O)O)C(COC(C)=O)C1CC. The lowest BCUT2D eigenvalue weighted by Crippen LogP contribution is -2.40. The number of carbonyl (C=O) groups excluding carboxylic acids is 1. The van der Waals surface area contributed by atoms with Crippen molar-refractivity contribution in [2.24, 2.45) is 11.8 Å². The van der Waals surface area contributed by atoms with E-state index in [0.717, 1.165) is 0 Å². The van der Waals surface area contributed by atoms with Gasteiger partial charge in [-0.05, 0) is 13.3 Å². The Bertz CT molecular complexity index is 362. The zero-order valence-corrected chi connectivity index (χ0v) is 11.4. The molecule has 0 radical (unpaired) electrons. The van der Waals surface area contributed by atoms with Crippen LogP contribution in [0.5, 0.6) is 0 Å². The minimum atomic E-state index is -1.06. The Labute approximate surface area is 112 Å². The maximum Gasteiger partial charge on any atom is 0.335 e. The molecular formula is C13H20O6. The van der Waals surface area contributed by atoms with Gasteiger partial charge in [-0.1, -0.05) is 6.92 Å². The summed E-state index contributed by atoms with van der Waals surface area (Å²) in [6.45, 7) is 5.56. The van der Waals surface area contributed by atoms with E-state index in [1.807, 2.05) is 13.8 Å². The molecule has 3 unspecified atom stereocenters. The molecule has 0 saturated carbocycles. The van der Waals surface area contributed by atoms with Crippen LogP contribution >= 0.6 is 0 Å². The van der Waals surface area contributed by atoms with E-state index in [1.165, 1.54) is 13.2 Å². The van der Waals surface area contributed by atoms with E-state index in [-0.39, 0.29) is 18.1 Å². The molecule has 1 aliphatic heterocycles. The highest BCUT2D eigenvalue weighted by Crippen LogP contribution is 2.34. The number of carboxylic acids is 1. The molecule has 3 atom stereocenters. The van der Waals surface area contributed by atoms with E-state index in [0.29, 0.717) is 13.0 Å². The molecule has 0 amide bonds. The molecule has 108 valence electrons. The van der Waals surface area contributed by atoms with Crippen LogP contribution in [-0.2, 0) is 23.8 Å². The number of esters is 1. The number of aliphatic carboxylic acids is 1. The molecule has 1 rings (SSSR count). The van der Waals surface area contributed by atoms with Crippen molar-refractivity contribution >= 4 is 11.9 Å². The third-order valence-corrected chi connectivity index (χ3v) is 3.11. The Morgan fingerprint density at radius 3 is 2.58 bits per heavy atom. The van der Waals surface area contributed by atoms with E-state index < -0.39 is 24.1 Å². The number of carbonyl (C=O) groups is 2. The first-order chi connectivity index (χ1) is 9.01. The maximum absolute atomic E-state index is 11.2. The second-order valence-electron chi connectivity index (χ2n) is 4.32. The van der Waals surface area contributed by atoms with Crippen LogP contribution < -0.4 is 0 Å². The van der Waals surface area contributed by atoms with Gasteiger partial charge in [0.15, 0.2) is 0 Å². The minimum Gasteiger partial charge on any atom is -0.478 e. The monoisotopic (exact) mass is 272 g/mol. The molecule has 0 aliphatic carbocycles. The van der Waals surface area contributed by atoms with Crippen LogP contribution in [0.3, 0.4) is 0 Å². The average molecular weight is 272 g/mol. The van der Waals surface area contributed by atoms with Gasteiger partial charge in [0.05, 0.1) is 18.4 Å². The Morgan fingerprint density at radius 1 is 1.42 bits per heavy atom. The summed E-state index contributed by atoms with van der Waals surface area (Å²) in [6, 6.07) is 0. The number of hydrogen-bond donors (Lipinski definition) is 1. The number of hydrogen-bond acceptors (Lipinski definition) is 5. The predicted molar refractivity (Wildman–Crippen MR) is 66.1 cm³/mol. The lowest BCUT2D eigenvalue weighted by Gasteiger charge is -2.35. The summed E-state index contributed by atoms with van der Waals surface area (Å²) in [5, 5.41) is 9.17. The van der Waals surface area contributed by atoms with E-state index in [4.69, 9.17) is 14.2 Å². The number of rotatable bonds is 6. The molecule has 0 aromatic carbocycles. The highest BCUT2D eigenvalue weighted by molar-refractivity contribution is 5.87.